The molecule has 23 heavy (non-hydrogen) atoms. The Balaban J connectivity index is 1.72. The quantitative estimate of drug-likeness (QED) is 0.694. The number of fused-ring (bicyclic) bond motifs is 1. The van der Waals surface area contributed by atoms with Crippen molar-refractivity contribution in [2.45, 2.75) is 0 Å². The molecule has 0 atom stereocenters. The summed E-state index contributed by atoms with van der Waals surface area (Å²) in [6, 6.07) is 13.3. The van der Waals surface area contributed by atoms with Gasteiger partial charge in [-0.1, -0.05) is 17.4 Å². The predicted molar refractivity (Wildman–Crippen MR) is 99.0 cm³/mol. The van der Waals surface area contributed by atoms with Crippen molar-refractivity contribution in [1.29, 1.82) is 0 Å². The molecule has 0 spiro atoms. The van der Waals surface area contributed by atoms with Crippen LogP contribution < -0.4 is 20.1 Å². The van der Waals surface area contributed by atoms with Gasteiger partial charge in [-0.15, -0.1) is 0 Å². The van der Waals surface area contributed by atoms with Crippen LogP contribution in [-0.2, 0) is 0 Å². The molecule has 0 aliphatic heterocycles. The lowest BCUT2D eigenvalue weighted by molar-refractivity contribution is 0.415. The van der Waals surface area contributed by atoms with Gasteiger partial charge in [-0.25, -0.2) is 4.98 Å². The molecule has 0 amide bonds. The maximum Gasteiger partial charge on any atom is 0.190 e. The van der Waals surface area contributed by atoms with Crippen molar-refractivity contribution in [3.63, 3.8) is 0 Å². The molecule has 2 N–H and O–H groups in total. The Labute approximate surface area is 143 Å². The van der Waals surface area contributed by atoms with Gasteiger partial charge in [0.1, 0.15) is 11.5 Å². The third-order valence-corrected chi connectivity index (χ3v) is 4.28. The number of hydrogen-bond donors (Lipinski definition) is 2. The molecule has 5 nitrogen and oxygen atoms in total. The third-order valence-electron chi connectivity index (χ3n) is 3.14. The molecule has 0 aliphatic rings. The maximum atomic E-state index is 5.33. The molecule has 0 unspecified atom stereocenters. The summed E-state index contributed by atoms with van der Waals surface area (Å²) in [5, 5.41) is 7.42. The first kappa shape index (κ1) is 15.5. The molecule has 118 valence electrons. The number of ether oxygens (including phenoxy) is 2. The van der Waals surface area contributed by atoms with Gasteiger partial charge in [0, 0.05) is 11.8 Å². The van der Waals surface area contributed by atoms with E-state index < -0.39 is 0 Å². The van der Waals surface area contributed by atoms with Crippen LogP contribution in [0.2, 0.25) is 0 Å². The van der Waals surface area contributed by atoms with Gasteiger partial charge < -0.3 is 20.1 Å². The number of rotatable bonds is 4. The number of benzene rings is 2. The van der Waals surface area contributed by atoms with Crippen LogP contribution in [0.5, 0.6) is 11.5 Å². The van der Waals surface area contributed by atoms with Crippen molar-refractivity contribution in [2.24, 2.45) is 0 Å². The van der Waals surface area contributed by atoms with Gasteiger partial charge in [0.05, 0.1) is 24.4 Å². The van der Waals surface area contributed by atoms with Gasteiger partial charge in [-0.3, -0.25) is 0 Å². The van der Waals surface area contributed by atoms with E-state index in [2.05, 4.69) is 15.6 Å². The number of methoxy groups -OCH3 is 2. The summed E-state index contributed by atoms with van der Waals surface area (Å²) in [7, 11) is 3.28. The van der Waals surface area contributed by atoms with Crippen LogP contribution in [0, 0.1) is 0 Å². The Bertz CT molecular complexity index is 848. The topological polar surface area (TPSA) is 55.4 Å². The summed E-state index contributed by atoms with van der Waals surface area (Å²) in [6.07, 6.45) is 0. The highest BCUT2D eigenvalue weighted by Crippen LogP contribution is 2.29. The Morgan fingerprint density at radius 3 is 2.61 bits per heavy atom. The van der Waals surface area contributed by atoms with Crippen LogP contribution >= 0.6 is 23.6 Å². The van der Waals surface area contributed by atoms with Crippen molar-refractivity contribution in [3.05, 3.63) is 42.5 Å². The van der Waals surface area contributed by atoms with E-state index in [9.17, 15) is 0 Å². The number of anilines is 2. The summed E-state index contributed by atoms with van der Waals surface area (Å²) in [5.74, 6) is 1.58. The Morgan fingerprint density at radius 1 is 1.04 bits per heavy atom. The highest BCUT2D eigenvalue weighted by Gasteiger charge is 2.07. The van der Waals surface area contributed by atoms with Crippen molar-refractivity contribution < 1.29 is 9.47 Å². The molecule has 0 saturated carbocycles. The number of nitrogens with one attached hydrogen (secondary N) is 2. The minimum atomic E-state index is 0.476. The van der Waals surface area contributed by atoms with E-state index in [-0.39, 0.29) is 0 Å². The molecule has 1 heterocycles. The monoisotopic (exact) mass is 345 g/mol. The molecule has 3 aromatic rings. The molecule has 0 fully saturated rings. The van der Waals surface area contributed by atoms with Crippen LogP contribution in [0.3, 0.4) is 0 Å². The Hall–Kier alpha value is -2.38. The summed E-state index contributed by atoms with van der Waals surface area (Å²) in [6.45, 7) is 0. The fourth-order valence-electron chi connectivity index (χ4n) is 2.05. The highest BCUT2D eigenvalue weighted by atomic mass is 32.1. The first-order chi connectivity index (χ1) is 11.2. The van der Waals surface area contributed by atoms with Crippen molar-refractivity contribution in [2.75, 3.05) is 24.9 Å². The predicted octanol–water partition coefficient (Wildman–Crippen LogP) is 4.12. The van der Waals surface area contributed by atoms with E-state index in [4.69, 9.17) is 21.7 Å². The van der Waals surface area contributed by atoms with Gasteiger partial charge in [-0.2, -0.15) is 0 Å². The summed E-state index contributed by atoms with van der Waals surface area (Å²) in [4.78, 5) is 4.50. The van der Waals surface area contributed by atoms with Crippen molar-refractivity contribution in [1.82, 2.24) is 4.98 Å². The van der Waals surface area contributed by atoms with Gasteiger partial charge in [-0.05, 0) is 42.5 Å². The summed E-state index contributed by atoms with van der Waals surface area (Å²) >= 11 is 6.85. The van der Waals surface area contributed by atoms with Gasteiger partial charge in [0.25, 0.3) is 0 Å². The molecule has 7 heteroatoms. The number of nitrogens with zero attached hydrogens (tertiary/aromatic N) is 1. The highest BCUT2D eigenvalue weighted by molar-refractivity contribution is 7.80. The maximum absolute atomic E-state index is 5.33. The van der Waals surface area contributed by atoms with Crippen LogP contribution in [0.1, 0.15) is 0 Å². The van der Waals surface area contributed by atoms with E-state index in [1.54, 1.807) is 14.2 Å². The molecule has 0 aliphatic carbocycles. The zero-order chi connectivity index (χ0) is 16.2. The first-order valence-electron chi connectivity index (χ1n) is 6.84. The standard InChI is InChI=1S/C16H15N3O2S2/c1-20-11-5-3-4-10(8-11)17-15(22)19-16-18-13-7-6-12(21-2)9-14(13)23-16/h3-9H,1-2H3,(H2,17,18,19,22). The zero-order valence-corrected chi connectivity index (χ0v) is 14.3. The second kappa shape index (κ2) is 6.80. The largest absolute Gasteiger partial charge is 0.497 e. The number of aromatic nitrogens is 1. The second-order valence-electron chi connectivity index (χ2n) is 4.66. The fraction of sp³-hybridized carbons (Fsp3) is 0.125. The van der Waals surface area contributed by atoms with E-state index in [1.165, 1.54) is 11.3 Å². The van der Waals surface area contributed by atoms with Gasteiger partial charge in [0.2, 0.25) is 0 Å². The zero-order valence-electron chi connectivity index (χ0n) is 12.6. The minimum Gasteiger partial charge on any atom is -0.497 e. The lowest BCUT2D eigenvalue weighted by atomic mass is 10.3. The van der Waals surface area contributed by atoms with Crippen molar-refractivity contribution >= 4 is 49.7 Å². The summed E-state index contributed by atoms with van der Waals surface area (Å²) in [5.41, 5.74) is 1.76. The normalized spacial score (nSPS) is 10.3. The lowest BCUT2D eigenvalue weighted by Gasteiger charge is -2.09. The molecule has 0 saturated heterocycles. The molecular formula is C16H15N3O2S2. The van der Waals surface area contributed by atoms with E-state index in [0.717, 1.165) is 32.5 Å². The fourth-order valence-corrected chi connectivity index (χ4v) is 3.22. The lowest BCUT2D eigenvalue weighted by Crippen LogP contribution is -2.18. The van der Waals surface area contributed by atoms with Crippen LogP contribution in [-0.4, -0.2) is 24.3 Å². The number of thiocarbonyl (C=S) groups is 1. The number of thiazole rings is 1. The van der Waals surface area contributed by atoms with Crippen molar-refractivity contribution in [3.8, 4) is 11.5 Å². The van der Waals surface area contributed by atoms with Crippen LogP contribution in [0.25, 0.3) is 10.2 Å². The van der Waals surface area contributed by atoms with Gasteiger partial charge >= 0.3 is 0 Å². The number of hydrogen-bond acceptors (Lipinski definition) is 5. The molecule has 1 aromatic heterocycles. The summed E-state index contributed by atoms with van der Waals surface area (Å²) < 4.78 is 11.5. The molecular weight excluding hydrogens is 330 g/mol. The van der Waals surface area contributed by atoms with Crippen LogP contribution in [0.15, 0.2) is 42.5 Å². The van der Waals surface area contributed by atoms with E-state index in [1.807, 2.05) is 42.5 Å². The Morgan fingerprint density at radius 2 is 1.83 bits per heavy atom. The molecule has 2 aromatic carbocycles. The average molecular weight is 345 g/mol. The third kappa shape index (κ3) is 3.69. The smallest absolute Gasteiger partial charge is 0.190 e. The average Bonchev–Trinajstić information content (AvgIpc) is 2.95. The van der Waals surface area contributed by atoms with E-state index >= 15 is 0 Å². The second-order valence-corrected chi connectivity index (χ2v) is 6.10. The van der Waals surface area contributed by atoms with E-state index in [0.29, 0.717) is 5.11 Å². The Kier molecular flexibility index (Phi) is 4.59. The first-order valence-corrected chi connectivity index (χ1v) is 8.07. The molecule has 0 bridgehead atoms. The van der Waals surface area contributed by atoms with Gasteiger partial charge in [0.15, 0.2) is 10.2 Å². The molecule has 3 rings (SSSR count). The SMILES string of the molecule is COc1cccc(NC(=S)Nc2nc3ccc(OC)cc3s2)c1. The molecule has 0 radical (unpaired) electrons. The van der Waals surface area contributed by atoms with Crippen LogP contribution in [0.4, 0.5) is 10.8 Å². The minimum absolute atomic E-state index is 0.476.